The van der Waals surface area contributed by atoms with Crippen molar-refractivity contribution in [2.75, 3.05) is 6.54 Å². The van der Waals surface area contributed by atoms with Crippen LogP contribution in [0.25, 0.3) is 10.9 Å². The van der Waals surface area contributed by atoms with Crippen LogP contribution in [0.5, 0.6) is 0 Å². The minimum atomic E-state index is -3.84. The number of nitrogens with one attached hydrogen (secondary N) is 1. The summed E-state index contributed by atoms with van der Waals surface area (Å²) in [4.78, 5) is 15.8. The van der Waals surface area contributed by atoms with Gasteiger partial charge in [-0.1, -0.05) is 24.3 Å². The lowest BCUT2D eigenvalue weighted by molar-refractivity contribution is 0.156. The molecule has 25 heavy (non-hydrogen) atoms. The van der Waals surface area contributed by atoms with Gasteiger partial charge in [0.1, 0.15) is 4.90 Å². The van der Waals surface area contributed by atoms with Crippen LogP contribution in [0, 0.1) is 0 Å². The smallest absolute Gasteiger partial charge is 0.250 e. The van der Waals surface area contributed by atoms with Crippen LogP contribution in [0.4, 0.5) is 0 Å². The average molecular weight is 359 g/mol. The zero-order chi connectivity index (χ0) is 17.9. The Hall–Kier alpha value is -2.55. The van der Waals surface area contributed by atoms with Crippen molar-refractivity contribution in [3.05, 3.63) is 71.3 Å². The maximum atomic E-state index is 12.5. The number of pyridine rings is 2. The van der Waals surface area contributed by atoms with Gasteiger partial charge in [0.25, 0.3) is 5.56 Å². The molecule has 0 saturated carbocycles. The molecule has 0 radical (unpaired) electrons. The first-order chi connectivity index (χ1) is 12.0. The fourth-order valence-corrected chi connectivity index (χ4v) is 3.73. The molecule has 130 valence electrons. The minimum Gasteiger partial charge on any atom is -0.390 e. The molecule has 0 saturated heterocycles. The van der Waals surface area contributed by atoms with Crippen molar-refractivity contribution in [2.24, 2.45) is 0 Å². The highest BCUT2D eigenvalue weighted by atomic mass is 32.2. The zero-order valence-corrected chi connectivity index (χ0v) is 14.1. The lowest BCUT2D eigenvalue weighted by atomic mass is 10.2. The van der Waals surface area contributed by atoms with Gasteiger partial charge in [-0.2, -0.15) is 0 Å². The fourth-order valence-electron chi connectivity index (χ4n) is 2.48. The van der Waals surface area contributed by atoms with Gasteiger partial charge < -0.3 is 9.67 Å². The van der Waals surface area contributed by atoms with Crippen LogP contribution in [-0.2, 0) is 16.6 Å². The van der Waals surface area contributed by atoms with Crippen LogP contribution in [0.1, 0.15) is 0 Å². The van der Waals surface area contributed by atoms with Crippen LogP contribution < -0.4 is 10.3 Å². The van der Waals surface area contributed by atoms with Gasteiger partial charge in [-0.3, -0.25) is 9.78 Å². The number of sulfonamides is 1. The Morgan fingerprint density at radius 1 is 1.12 bits per heavy atom. The van der Waals surface area contributed by atoms with Gasteiger partial charge in [0.05, 0.1) is 18.2 Å². The second-order valence-electron chi connectivity index (χ2n) is 5.53. The van der Waals surface area contributed by atoms with Crippen LogP contribution in [0.2, 0.25) is 0 Å². The number of rotatable bonds is 6. The van der Waals surface area contributed by atoms with Crippen molar-refractivity contribution in [3.8, 4) is 0 Å². The predicted molar refractivity (Wildman–Crippen MR) is 93.6 cm³/mol. The largest absolute Gasteiger partial charge is 0.390 e. The molecule has 3 rings (SSSR count). The summed E-state index contributed by atoms with van der Waals surface area (Å²) >= 11 is 0. The number of aliphatic hydroxyl groups is 1. The van der Waals surface area contributed by atoms with Crippen LogP contribution in [-0.4, -0.2) is 35.7 Å². The molecule has 0 aliphatic rings. The second-order valence-corrected chi connectivity index (χ2v) is 7.26. The number of aromatic nitrogens is 2. The van der Waals surface area contributed by atoms with Crippen molar-refractivity contribution in [1.82, 2.24) is 14.3 Å². The molecule has 1 unspecified atom stereocenters. The molecule has 0 bridgehead atoms. The average Bonchev–Trinajstić information content (AvgIpc) is 2.61. The Kier molecular flexibility index (Phi) is 4.93. The molecule has 1 atom stereocenters. The molecule has 0 aliphatic carbocycles. The van der Waals surface area contributed by atoms with Crippen LogP contribution in [0.3, 0.4) is 0 Å². The van der Waals surface area contributed by atoms with Gasteiger partial charge in [-0.25, -0.2) is 13.1 Å². The zero-order valence-electron chi connectivity index (χ0n) is 13.2. The van der Waals surface area contributed by atoms with E-state index in [4.69, 9.17) is 0 Å². The molecular weight excluding hydrogens is 342 g/mol. The van der Waals surface area contributed by atoms with E-state index in [1.807, 2.05) is 0 Å². The maximum Gasteiger partial charge on any atom is 0.250 e. The van der Waals surface area contributed by atoms with E-state index in [0.29, 0.717) is 10.9 Å². The van der Waals surface area contributed by atoms with E-state index in [2.05, 4.69) is 9.71 Å². The molecule has 0 amide bonds. The Labute approximate surface area is 144 Å². The van der Waals surface area contributed by atoms with Crippen molar-refractivity contribution in [3.63, 3.8) is 0 Å². The topological polar surface area (TPSA) is 101 Å². The summed E-state index contributed by atoms with van der Waals surface area (Å²) in [6, 6.07) is 13.0. The highest BCUT2D eigenvalue weighted by molar-refractivity contribution is 7.89. The minimum absolute atomic E-state index is 0.00399. The molecule has 2 N–H and O–H groups in total. The molecule has 8 heteroatoms. The molecule has 7 nitrogen and oxygen atoms in total. The first-order valence-corrected chi connectivity index (χ1v) is 9.12. The second kappa shape index (κ2) is 7.14. The Bertz CT molecular complexity index is 1040. The number of hydrogen-bond donors (Lipinski definition) is 2. The number of aliphatic hydroxyl groups excluding tert-OH is 1. The number of hydrogen-bond acceptors (Lipinski definition) is 5. The Balaban J connectivity index is 1.75. The number of benzene rings is 1. The quantitative estimate of drug-likeness (QED) is 0.676. The van der Waals surface area contributed by atoms with Gasteiger partial charge >= 0.3 is 0 Å². The Morgan fingerprint density at radius 3 is 2.72 bits per heavy atom. The number of para-hydroxylation sites is 1. The Morgan fingerprint density at radius 2 is 1.92 bits per heavy atom. The van der Waals surface area contributed by atoms with E-state index >= 15 is 0 Å². The summed E-state index contributed by atoms with van der Waals surface area (Å²) in [6.45, 7) is -0.219. The van der Waals surface area contributed by atoms with Crippen LogP contribution in [0.15, 0.2) is 70.6 Å². The summed E-state index contributed by atoms with van der Waals surface area (Å²) < 4.78 is 28.8. The van der Waals surface area contributed by atoms with Gasteiger partial charge in [0.2, 0.25) is 10.0 Å². The van der Waals surface area contributed by atoms with Crippen molar-refractivity contribution in [1.29, 1.82) is 0 Å². The highest BCUT2D eigenvalue weighted by Crippen LogP contribution is 2.20. The summed E-state index contributed by atoms with van der Waals surface area (Å²) in [5.41, 5.74) is 0.105. The molecule has 2 aromatic heterocycles. The van der Waals surface area contributed by atoms with Gasteiger partial charge in [0, 0.05) is 30.4 Å². The summed E-state index contributed by atoms with van der Waals surface area (Å²) in [7, 11) is -3.84. The normalized spacial score (nSPS) is 13.0. The standard InChI is InChI=1S/C17H17N3O4S/c21-14(12-20-10-2-1-8-16(20)22)11-19-25(23,24)15-7-3-5-13-6-4-9-18-17(13)15/h1-10,14,19,21H,11-12H2. The van der Waals surface area contributed by atoms with Crippen molar-refractivity contribution < 1.29 is 13.5 Å². The lowest BCUT2D eigenvalue weighted by Gasteiger charge is -2.14. The van der Waals surface area contributed by atoms with Gasteiger partial charge in [-0.15, -0.1) is 0 Å². The number of fused-ring (bicyclic) bond motifs is 1. The third-order valence-corrected chi connectivity index (χ3v) is 5.16. The van der Waals surface area contributed by atoms with Gasteiger partial charge in [0.15, 0.2) is 0 Å². The summed E-state index contributed by atoms with van der Waals surface area (Å²) in [5, 5.41) is 10.8. The van der Waals surface area contributed by atoms with E-state index in [0.717, 1.165) is 0 Å². The molecule has 0 fully saturated rings. The summed E-state index contributed by atoms with van der Waals surface area (Å²) in [6.07, 6.45) is 2.02. The monoisotopic (exact) mass is 359 g/mol. The SMILES string of the molecule is O=c1ccccn1CC(O)CNS(=O)(=O)c1cccc2cccnc12. The molecule has 0 aliphatic heterocycles. The van der Waals surface area contributed by atoms with E-state index in [-0.39, 0.29) is 23.5 Å². The first-order valence-electron chi connectivity index (χ1n) is 7.64. The van der Waals surface area contributed by atoms with E-state index in [9.17, 15) is 18.3 Å². The molecular formula is C17H17N3O4S. The first kappa shape index (κ1) is 17.3. The molecule has 1 aromatic carbocycles. The molecule has 0 spiro atoms. The molecule has 3 aromatic rings. The number of nitrogens with zero attached hydrogens (tertiary/aromatic N) is 2. The van der Waals surface area contributed by atoms with Crippen LogP contribution >= 0.6 is 0 Å². The van der Waals surface area contributed by atoms with E-state index in [1.54, 1.807) is 36.4 Å². The third-order valence-electron chi connectivity index (χ3n) is 3.70. The third kappa shape index (κ3) is 3.93. The van der Waals surface area contributed by atoms with E-state index < -0.39 is 16.1 Å². The predicted octanol–water partition coefficient (Wildman–Crippen LogP) is 0.736. The fraction of sp³-hybridized carbons (Fsp3) is 0.176. The maximum absolute atomic E-state index is 12.5. The van der Waals surface area contributed by atoms with Crippen molar-refractivity contribution >= 4 is 20.9 Å². The lowest BCUT2D eigenvalue weighted by Crippen LogP contribution is -2.36. The van der Waals surface area contributed by atoms with Gasteiger partial charge in [-0.05, 0) is 18.2 Å². The van der Waals surface area contributed by atoms with Crippen molar-refractivity contribution in [2.45, 2.75) is 17.5 Å². The van der Waals surface area contributed by atoms with E-state index in [1.165, 1.54) is 29.1 Å². The highest BCUT2D eigenvalue weighted by Gasteiger charge is 2.19. The summed E-state index contributed by atoms with van der Waals surface area (Å²) in [5.74, 6) is 0. The molecule has 2 heterocycles.